The van der Waals surface area contributed by atoms with Gasteiger partial charge in [0.1, 0.15) is 11.4 Å². The van der Waals surface area contributed by atoms with E-state index in [9.17, 15) is 9.59 Å². The van der Waals surface area contributed by atoms with E-state index in [0.29, 0.717) is 29.1 Å². The van der Waals surface area contributed by atoms with Crippen molar-refractivity contribution in [1.82, 2.24) is 9.97 Å². The lowest BCUT2D eigenvalue weighted by Gasteiger charge is -2.15. The van der Waals surface area contributed by atoms with E-state index in [1.165, 1.54) is 18.5 Å². The molecule has 2 aromatic rings. The van der Waals surface area contributed by atoms with Crippen LogP contribution in [0.4, 0.5) is 5.69 Å². The molecule has 122 valence electrons. The summed E-state index contributed by atoms with van der Waals surface area (Å²) in [5.74, 6) is -0.515. The first-order chi connectivity index (χ1) is 10.9. The number of nitrogens with two attached hydrogens (primary N) is 1. The minimum Gasteiger partial charge on any atom is -0.489 e. The minimum absolute atomic E-state index is 0.120. The van der Waals surface area contributed by atoms with Crippen molar-refractivity contribution in [1.29, 1.82) is 0 Å². The molecule has 0 saturated heterocycles. The quantitative estimate of drug-likeness (QED) is 0.758. The lowest BCUT2D eigenvalue weighted by Crippen LogP contribution is -2.17. The number of carbonyl (C=O) groups excluding carboxylic acids is 2. The van der Waals surface area contributed by atoms with E-state index in [-0.39, 0.29) is 12.0 Å². The second-order valence-electron chi connectivity index (χ2n) is 5.28. The largest absolute Gasteiger partial charge is 0.489 e. The van der Waals surface area contributed by atoms with Gasteiger partial charge in [0, 0.05) is 11.3 Å². The fourth-order valence-corrected chi connectivity index (χ4v) is 2.10. The molecule has 1 aromatic carbocycles. The Hall–Kier alpha value is -2.83. The van der Waals surface area contributed by atoms with Crippen LogP contribution in [0.3, 0.4) is 0 Å². The van der Waals surface area contributed by atoms with Gasteiger partial charge >= 0.3 is 0 Å². The summed E-state index contributed by atoms with van der Waals surface area (Å²) >= 11 is 0. The number of hydrogen-bond donors (Lipinski definition) is 3. The van der Waals surface area contributed by atoms with Gasteiger partial charge in [-0.2, -0.15) is 0 Å². The van der Waals surface area contributed by atoms with E-state index in [2.05, 4.69) is 15.3 Å². The summed E-state index contributed by atoms with van der Waals surface area (Å²) < 4.78 is 5.66. The zero-order valence-electron chi connectivity index (χ0n) is 13.3. The number of rotatable bonds is 6. The van der Waals surface area contributed by atoms with Crippen LogP contribution in [-0.4, -0.2) is 27.9 Å². The molecule has 0 fully saturated rings. The average Bonchev–Trinajstić information content (AvgIpc) is 2.96. The van der Waals surface area contributed by atoms with E-state index < -0.39 is 5.91 Å². The normalized spacial score (nSPS) is 10.6. The third-order valence-electron chi connectivity index (χ3n) is 3.16. The van der Waals surface area contributed by atoms with Crippen LogP contribution in [0.25, 0.3) is 0 Å². The zero-order chi connectivity index (χ0) is 17.0. The third-order valence-corrected chi connectivity index (χ3v) is 3.16. The fraction of sp³-hybridized carbons (Fsp3) is 0.312. The molecule has 0 radical (unpaired) electrons. The fourth-order valence-electron chi connectivity index (χ4n) is 2.10. The van der Waals surface area contributed by atoms with Crippen LogP contribution in [0.5, 0.6) is 5.75 Å². The van der Waals surface area contributed by atoms with Crippen molar-refractivity contribution in [2.45, 2.75) is 33.3 Å². The zero-order valence-corrected chi connectivity index (χ0v) is 13.3. The summed E-state index contributed by atoms with van der Waals surface area (Å²) in [6.07, 6.45) is 2.03. The summed E-state index contributed by atoms with van der Waals surface area (Å²) in [4.78, 5) is 30.6. The molecule has 1 heterocycles. The number of hydrogen-bond acceptors (Lipinski definition) is 4. The highest BCUT2D eigenvalue weighted by molar-refractivity contribution is 6.05. The van der Waals surface area contributed by atoms with Gasteiger partial charge in [0.25, 0.3) is 5.91 Å². The van der Waals surface area contributed by atoms with Crippen molar-refractivity contribution in [3.05, 3.63) is 41.5 Å². The van der Waals surface area contributed by atoms with Crippen molar-refractivity contribution in [3.8, 4) is 5.75 Å². The average molecular weight is 316 g/mol. The minimum atomic E-state index is -0.558. The van der Waals surface area contributed by atoms with Gasteiger partial charge in [-0.1, -0.05) is 6.92 Å². The van der Waals surface area contributed by atoms with Crippen LogP contribution >= 0.6 is 0 Å². The Bertz CT molecular complexity index is 722. The maximum Gasteiger partial charge on any atom is 0.276 e. The molecule has 0 unspecified atom stereocenters. The van der Waals surface area contributed by atoms with E-state index in [0.717, 1.165) is 5.69 Å². The molecule has 2 rings (SSSR count). The molecule has 0 aliphatic carbocycles. The maximum atomic E-state index is 12.4. The molecule has 0 aliphatic heterocycles. The molecule has 2 amide bonds. The summed E-state index contributed by atoms with van der Waals surface area (Å²) in [6, 6.07) is 4.65. The highest BCUT2D eigenvalue weighted by Gasteiger charge is 2.17. The van der Waals surface area contributed by atoms with Crippen LogP contribution in [0.1, 0.15) is 47.3 Å². The van der Waals surface area contributed by atoms with Crippen molar-refractivity contribution < 1.29 is 14.3 Å². The highest BCUT2D eigenvalue weighted by atomic mass is 16.5. The molecule has 7 heteroatoms. The Morgan fingerprint density at radius 3 is 2.74 bits per heavy atom. The highest BCUT2D eigenvalue weighted by Crippen LogP contribution is 2.27. The Morgan fingerprint density at radius 1 is 1.39 bits per heavy atom. The number of ether oxygens (including phenoxy) is 1. The van der Waals surface area contributed by atoms with Gasteiger partial charge in [0.05, 0.1) is 18.1 Å². The second kappa shape index (κ2) is 6.95. The Kier molecular flexibility index (Phi) is 5.00. The molecule has 0 bridgehead atoms. The van der Waals surface area contributed by atoms with Crippen LogP contribution in [0.15, 0.2) is 24.5 Å². The summed E-state index contributed by atoms with van der Waals surface area (Å²) in [5, 5.41) is 2.76. The molecular formula is C16H20N4O3. The molecule has 1 aromatic heterocycles. The number of imidazole rings is 1. The molecule has 23 heavy (non-hydrogen) atoms. The number of nitrogens with one attached hydrogen (secondary N) is 2. The number of primary amides is 1. The first-order valence-electron chi connectivity index (χ1n) is 7.36. The van der Waals surface area contributed by atoms with Crippen LogP contribution in [-0.2, 0) is 6.42 Å². The lowest BCUT2D eigenvalue weighted by molar-refractivity contribution is 0.0997. The first-order valence-corrected chi connectivity index (χ1v) is 7.36. The first kappa shape index (κ1) is 16.5. The van der Waals surface area contributed by atoms with Gasteiger partial charge in [-0.15, -0.1) is 0 Å². The van der Waals surface area contributed by atoms with E-state index in [1.807, 2.05) is 20.8 Å². The van der Waals surface area contributed by atoms with Crippen molar-refractivity contribution in [2.24, 2.45) is 5.73 Å². The molecule has 4 N–H and O–H groups in total. The van der Waals surface area contributed by atoms with Crippen molar-refractivity contribution >= 4 is 17.5 Å². The van der Waals surface area contributed by atoms with E-state index >= 15 is 0 Å². The summed E-state index contributed by atoms with van der Waals surface area (Å²) in [6.45, 7) is 5.64. The topological polar surface area (TPSA) is 110 Å². The summed E-state index contributed by atoms with van der Waals surface area (Å²) in [5.41, 5.74) is 7.14. The molecule has 0 spiro atoms. The monoisotopic (exact) mass is 316 g/mol. The molecular weight excluding hydrogens is 296 g/mol. The predicted octanol–water partition coefficient (Wildman–Crippen LogP) is 2.11. The second-order valence-corrected chi connectivity index (χ2v) is 5.28. The molecule has 0 aliphatic rings. The van der Waals surface area contributed by atoms with E-state index in [1.54, 1.807) is 6.07 Å². The van der Waals surface area contributed by atoms with Crippen LogP contribution in [0, 0.1) is 0 Å². The predicted molar refractivity (Wildman–Crippen MR) is 86.6 cm³/mol. The standard InChI is InChI=1S/C16H20N4O3/c1-4-11-14(19-8-18-11)16(22)20-12-6-5-10(15(17)21)7-13(12)23-9(2)3/h5-9H,4H2,1-3H3,(H2,17,21)(H,18,19)(H,20,22). The smallest absolute Gasteiger partial charge is 0.276 e. The number of carbonyl (C=O) groups is 2. The Balaban J connectivity index is 2.31. The van der Waals surface area contributed by atoms with Gasteiger partial charge in [-0.25, -0.2) is 4.98 Å². The number of H-pyrrole nitrogens is 1. The van der Waals surface area contributed by atoms with Gasteiger partial charge in [-0.3, -0.25) is 9.59 Å². The number of amides is 2. The van der Waals surface area contributed by atoms with Gasteiger partial charge in [-0.05, 0) is 38.5 Å². The Labute approximate surface area is 134 Å². The molecule has 0 atom stereocenters. The van der Waals surface area contributed by atoms with Gasteiger partial charge < -0.3 is 20.8 Å². The number of anilines is 1. The lowest BCUT2D eigenvalue weighted by atomic mass is 10.1. The number of aryl methyl sites for hydroxylation is 1. The number of benzene rings is 1. The third kappa shape index (κ3) is 3.88. The molecule has 7 nitrogen and oxygen atoms in total. The van der Waals surface area contributed by atoms with Crippen LogP contribution < -0.4 is 15.8 Å². The van der Waals surface area contributed by atoms with Crippen molar-refractivity contribution in [3.63, 3.8) is 0 Å². The van der Waals surface area contributed by atoms with Crippen LogP contribution in [0.2, 0.25) is 0 Å². The van der Waals surface area contributed by atoms with Gasteiger partial charge in [0.15, 0.2) is 0 Å². The number of nitrogens with zero attached hydrogens (tertiary/aromatic N) is 1. The SMILES string of the molecule is CCc1[nH]cnc1C(=O)Nc1ccc(C(N)=O)cc1OC(C)C. The maximum absolute atomic E-state index is 12.4. The van der Waals surface area contributed by atoms with E-state index in [4.69, 9.17) is 10.5 Å². The van der Waals surface area contributed by atoms with Gasteiger partial charge in [0.2, 0.25) is 5.91 Å². The number of aromatic amines is 1. The number of aromatic nitrogens is 2. The Morgan fingerprint density at radius 2 is 2.13 bits per heavy atom. The molecule has 0 saturated carbocycles. The summed E-state index contributed by atoms with van der Waals surface area (Å²) in [7, 11) is 0. The van der Waals surface area contributed by atoms with Crippen molar-refractivity contribution in [2.75, 3.05) is 5.32 Å².